The van der Waals surface area contributed by atoms with Crippen molar-refractivity contribution in [2.45, 2.75) is 0 Å². The number of anilines is 1. The molecule has 0 bridgehead atoms. The lowest BCUT2D eigenvalue weighted by molar-refractivity contribution is 0.122. The largest absolute Gasteiger partial charge is 0.503 e. The normalized spacial score (nSPS) is 16.4. The maximum atomic E-state index is 11.4. The zero-order chi connectivity index (χ0) is 10.7. The van der Waals surface area contributed by atoms with Crippen molar-refractivity contribution in [1.82, 2.24) is 0 Å². The minimum absolute atomic E-state index is 0.179. The molecule has 0 saturated carbocycles. The van der Waals surface area contributed by atoms with Crippen molar-refractivity contribution in [3.8, 4) is 5.75 Å². The molecule has 4 nitrogen and oxygen atoms in total. The van der Waals surface area contributed by atoms with Crippen molar-refractivity contribution in [1.29, 1.82) is 0 Å². The first-order chi connectivity index (χ1) is 7.29. The molecule has 0 aromatic heterocycles. The molecule has 1 fully saturated rings. The zero-order valence-electron chi connectivity index (χ0n) is 8.35. The van der Waals surface area contributed by atoms with Gasteiger partial charge in [-0.1, -0.05) is 12.1 Å². The molecule has 80 valence electrons. The summed E-state index contributed by atoms with van der Waals surface area (Å²) in [6.07, 6.45) is 0. The molecule has 4 heteroatoms. The third-order valence-corrected chi connectivity index (χ3v) is 2.44. The summed E-state index contributed by atoms with van der Waals surface area (Å²) in [6.45, 7) is 2.67. The summed E-state index contributed by atoms with van der Waals surface area (Å²) < 4.78 is 5.21. The molecule has 0 atom stereocenters. The molecule has 1 aliphatic rings. The average Bonchev–Trinajstić information content (AvgIpc) is 2.44. The molecule has 1 aromatic carbocycles. The highest BCUT2D eigenvalue weighted by atomic mass is 16.5. The number of nitrogens with zero attached hydrogens (tertiary/aromatic N) is 1. The Morgan fingerprint density at radius 1 is 1.20 bits per heavy atom. The lowest BCUT2D eigenvalue weighted by Gasteiger charge is -2.28. The van der Waals surface area contributed by atoms with Gasteiger partial charge in [-0.15, -0.1) is 0 Å². The van der Waals surface area contributed by atoms with Gasteiger partial charge < -0.3 is 14.7 Å². The van der Waals surface area contributed by atoms with E-state index in [1.165, 1.54) is 6.07 Å². The second kappa shape index (κ2) is 4.31. The van der Waals surface area contributed by atoms with Crippen LogP contribution < -0.4 is 10.3 Å². The minimum atomic E-state index is -0.346. The molecule has 2 rings (SSSR count). The van der Waals surface area contributed by atoms with Gasteiger partial charge in [-0.2, -0.15) is 0 Å². The highest BCUT2D eigenvalue weighted by Gasteiger charge is 2.14. The molecule has 1 N–H and O–H groups in total. The second-order valence-corrected chi connectivity index (χ2v) is 3.42. The number of hydrogen-bond acceptors (Lipinski definition) is 4. The van der Waals surface area contributed by atoms with E-state index in [1.54, 1.807) is 18.2 Å². The van der Waals surface area contributed by atoms with E-state index in [4.69, 9.17) is 4.74 Å². The molecule has 0 aliphatic carbocycles. The highest BCUT2D eigenvalue weighted by molar-refractivity contribution is 5.56. The van der Waals surface area contributed by atoms with Crippen LogP contribution in [0, 0.1) is 0 Å². The molecule has 1 heterocycles. The number of rotatable bonds is 1. The number of morpholine rings is 1. The minimum Gasteiger partial charge on any atom is -0.503 e. The smallest absolute Gasteiger partial charge is 0.222 e. The van der Waals surface area contributed by atoms with E-state index < -0.39 is 0 Å². The summed E-state index contributed by atoms with van der Waals surface area (Å²) in [5, 5.41) is 9.71. The van der Waals surface area contributed by atoms with E-state index in [0.29, 0.717) is 32.0 Å². The maximum absolute atomic E-state index is 11.4. The van der Waals surface area contributed by atoms with Crippen LogP contribution >= 0.6 is 0 Å². The molecule has 0 spiro atoms. The third kappa shape index (κ3) is 2.10. The summed E-state index contributed by atoms with van der Waals surface area (Å²) in [4.78, 5) is 13.3. The first-order valence-electron chi connectivity index (χ1n) is 4.94. The predicted octanol–water partition coefficient (Wildman–Crippen LogP) is 0.589. The van der Waals surface area contributed by atoms with Crippen LogP contribution in [0.4, 0.5) is 5.69 Å². The number of aromatic hydroxyl groups is 1. The van der Waals surface area contributed by atoms with E-state index in [9.17, 15) is 9.90 Å². The summed E-state index contributed by atoms with van der Waals surface area (Å²) in [7, 11) is 0. The Morgan fingerprint density at radius 3 is 2.60 bits per heavy atom. The van der Waals surface area contributed by atoms with Crippen LogP contribution in [0.1, 0.15) is 0 Å². The average molecular weight is 207 g/mol. The van der Waals surface area contributed by atoms with Gasteiger partial charge in [0.25, 0.3) is 0 Å². The van der Waals surface area contributed by atoms with Gasteiger partial charge >= 0.3 is 0 Å². The molecule has 0 radical (unpaired) electrons. The Kier molecular flexibility index (Phi) is 2.87. The first kappa shape index (κ1) is 9.98. The lowest BCUT2D eigenvalue weighted by atomic mass is 10.3. The molecule has 0 amide bonds. The first-order valence-corrected chi connectivity index (χ1v) is 4.94. The van der Waals surface area contributed by atoms with Gasteiger partial charge in [0.05, 0.1) is 18.9 Å². The highest BCUT2D eigenvalue weighted by Crippen LogP contribution is 2.22. The Morgan fingerprint density at radius 2 is 1.87 bits per heavy atom. The topological polar surface area (TPSA) is 49.8 Å². The maximum Gasteiger partial charge on any atom is 0.222 e. The Bertz CT molecular complexity index is 399. The van der Waals surface area contributed by atoms with Crippen LogP contribution in [0.25, 0.3) is 0 Å². The van der Waals surface area contributed by atoms with Crippen molar-refractivity contribution in [3.05, 3.63) is 34.5 Å². The fraction of sp³-hybridized carbons (Fsp3) is 0.364. The second-order valence-electron chi connectivity index (χ2n) is 3.42. The van der Waals surface area contributed by atoms with E-state index in [2.05, 4.69) is 0 Å². The molecule has 1 aliphatic heterocycles. The van der Waals surface area contributed by atoms with Crippen LogP contribution in [0.15, 0.2) is 29.1 Å². The van der Waals surface area contributed by atoms with Gasteiger partial charge in [0.15, 0.2) is 5.75 Å². The Hall–Kier alpha value is -1.55. The van der Waals surface area contributed by atoms with Crippen molar-refractivity contribution in [2.75, 3.05) is 31.2 Å². The van der Waals surface area contributed by atoms with Crippen LogP contribution in [0.2, 0.25) is 0 Å². The predicted molar refractivity (Wildman–Crippen MR) is 57.4 cm³/mol. The Labute approximate surface area is 87.7 Å². The SMILES string of the molecule is O=c1ccccc(N2CCOCC2)c1O. The van der Waals surface area contributed by atoms with E-state index in [1.807, 2.05) is 4.90 Å². The van der Waals surface area contributed by atoms with Gasteiger partial charge in [0, 0.05) is 13.1 Å². The fourth-order valence-electron chi connectivity index (χ4n) is 1.63. The van der Waals surface area contributed by atoms with E-state index in [-0.39, 0.29) is 11.2 Å². The zero-order valence-corrected chi connectivity index (χ0v) is 8.35. The fourth-order valence-corrected chi connectivity index (χ4v) is 1.63. The van der Waals surface area contributed by atoms with Crippen molar-refractivity contribution in [2.24, 2.45) is 0 Å². The van der Waals surface area contributed by atoms with Crippen molar-refractivity contribution < 1.29 is 9.84 Å². The van der Waals surface area contributed by atoms with Crippen molar-refractivity contribution >= 4 is 5.69 Å². The van der Waals surface area contributed by atoms with Gasteiger partial charge in [0.2, 0.25) is 5.43 Å². The Balaban J connectivity index is 2.39. The molecule has 0 unspecified atom stereocenters. The molecule has 15 heavy (non-hydrogen) atoms. The molecular weight excluding hydrogens is 194 g/mol. The van der Waals surface area contributed by atoms with Gasteiger partial charge in [-0.05, 0) is 12.1 Å². The standard InChI is InChI=1S/C11H13NO3/c13-10-4-2-1-3-9(11(10)14)12-5-7-15-8-6-12/h1-4H,5-8H2,(H,13,14). The lowest BCUT2D eigenvalue weighted by Crippen LogP contribution is -2.36. The van der Waals surface area contributed by atoms with Crippen LogP contribution in [0.5, 0.6) is 5.75 Å². The van der Waals surface area contributed by atoms with Crippen LogP contribution in [-0.4, -0.2) is 31.4 Å². The van der Waals surface area contributed by atoms with Crippen LogP contribution in [-0.2, 0) is 4.74 Å². The van der Waals surface area contributed by atoms with Gasteiger partial charge in [-0.3, -0.25) is 4.79 Å². The number of ether oxygens (including phenoxy) is 1. The summed E-state index contributed by atoms with van der Waals surface area (Å²) in [6, 6.07) is 6.50. The number of hydrogen-bond donors (Lipinski definition) is 1. The third-order valence-electron chi connectivity index (χ3n) is 2.44. The summed E-state index contributed by atoms with van der Waals surface area (Å²) >= 11 is 0. The van der Waals surface area contributed by atoms with Crippen molar-refractivity contribution in [3.63, 3.8) is 0 Å². The molecule has 1 aromatic rings. The van der Waals surface area contributed by atoms with Crippen LogP contribution in [0.3, 0.4) is 0 Å². The summed E-state index contributed by atoms with van der Waals surface area (Å²) in [5.41, 5.74) is 0.245. The molecule has 1 saturated heterocycles. The van der Waals surface area contributed by atoms with Gasteiger partial charge in [-0.25, -0.2) is 0 Å². The summed E-state index contributed by atoms with van der Waals surface area (Å²) in [5.74, 6) is -0.179. The van der Waals surface area contributed by atoms with Gasteiger partial charge in [0.1, 0.15) is 0 Å². The monoisotopic (exact) mass is 207 g/mol. The molecular formula is C11H13NO3. The quantitative estimate of drug-likeness (QED) is 0.732. The van der Waals surface area contributed by atoms with E-state index in [0.717, 1.165) is 0 Å². The van der Waals surface area contributed by atoms with E-state index >= 15 is 0 Å².